The lowest BCUT2D eigenvalue weighted by atomic mass is 9.85. The van der Waals surface area contributed by atoms with Crippen molar-refractivity contribution >= 4 is 27.9 Å². The summed E-state index contributed by atoms with van der Waals surface area (Å²) >= 11 is 1.48. The average Bonchev–Trinajstić information content (AvgIpc) is 3.28. The SMILES string of the molecule is CC1(C)C=C(c2cc3ccccc3o2)C(O)(c2scc3c2OCCO3)C1. The lowest BCUT2D eigenvalue weighted by Gasteiger charge is -2.29. The molecule has 134 valence electrons. The standard InChI is InChI=1S/C21H20O4S/c1-20(2)10-14(16-9-13-5-3-4-6-15(13)25-16)21(22,12-20)19-18-17(11-26-19)23-7-8-24-18/h3-6,9-11,22H,7-8,12H2,1-2H3. The van der Waals surface area contributed by atoms with Gasteiger partial charge in [0.2, 0.25) is 0 Å². The fourth-order valence-corrected chi connectivity index (χ4v) is 5.10. The second-order valence-corrected chi connectivity index (χ2v) is 8.57. The van der Waals surface area contributed by atoms with Gasteiger partial charge in [0, 0.05) is 16.3 Å². The average molecular weight is 368 g/mol. The topological polar surface area (TPSA) is 51.8 Å². The maximum absolute atomic E-state index is 11.8. The van der Waals surface area contributed by atoms with Gasteiger partial charge in [0.15, 0.2) is 11.5 Å². The molecule has 5 rings (SSSR count). The smallest absolute Gasteiger partial charge is 0.178 e. The van der Waals surface area contributed by atoms with Crippen LogP contribution in [0.1, 0.15) is 30.9 Å². The van der Waals surface area contributed by atoms with Crippen LogP contribution in [0.15, 0.2) is 46.2 Å². The molecule has 0 bridgehead atoms. The minimum Gasteiger partial charge on any atom is -0.485 e. The van der Waals surface area contributed by atoms with Gasteiger partial charge in [-0.2, -0.15) is 0 Å². The number of thiophene rings is 1. The van der Waals surface area contributed by atoms with E-state index in [2.05, 4.69) is 19.9 Å². The van der Waals surface area contributed by atoms with Crippen molar-refractivity contribution in [3.8, 4) is 11.5 Å². The van der Waals surface area contributed by atoms with Crippen LogP contribution in [0.5, 0.6) is 11.5 Å². The normalized spacial score (nSPS) is 24.0. The van der Waals surface area contributed by atoms with E-state index in [0.29, 0.717) is 31.1 Å². The van der Waals surface area contributed by atoms with E-state index in [9.17, 15) is 5.11 Å². The molecule has 1 unspecified atom stereocenters. The molecule has 26 heavy (non-hydrogen) atoms. The summed E-state index contributed by atoms with van der Waals surface area (Å²) in [4.78, 5) is 0.796. The summed E-state index contributed by atoms with van der Waals surface area (Å²) in [5, 5.41) is 14.8. The molecule has 1 atom stereocenters. The van der Waals surface area contributed by atoms with E-state index in [-0.39, 0.29) is 5.41 Å². The molecule has 0 amide bonds. The Morgan fingerprint density at radius 3 is 2.77 bits per heavy atom. The zero-order valence-electron chi connectivity index (χ0n) is 14.7. The summed E-state index contributed by atoms with van der Waals surface area (Å²) in [6.07, 6.45) is 2.70. The van der Waals surface area contributed by atoms with Crippen molar-refractivity contribution in [2.45, 2.75) is 25.9 Å². The van der Waals surface area contributed by atoms with Crippen LogP contribution in [0.25, 0.3) is 16.5 Å². The summed E-state index contributed by atoms with van der Waals surface area (Å²) in [5.41, 5.74) is 0.312. The quantitative estimate of drug-likeness (QED) is 0.694. The molecule has 1 aliphatic carbocycles. The fourth-order valence-electron chi connectivity index (χ4n) is 4.06. The number of hydrogen-bond donors (Lipinski definition) is 1. The second-order valence-electron chi connectivity index (χ2n) is 7.69. The molecule has 0 radical (unpaired) electrons. The number of aliphatic hydroxyl groups is 1. The molecule has 1 aliphatic heterocycles. The minimum atomic E-state index is -1.16. The van der Waals surface area contributed by atoms with Crippen molar-refractivity contribution in [2.75, 3.05) is 13.2 Å². The Balaban J connectivity index is 1.68. The zero-order chi connectivity index (χ0) is 17.9. The highest BCUT2D eigenvalue weighted by Crippen LogP contribution is 2.58. The Bertz CT molecular complexity index is 993. The number of para-hydroxylation sites is 1. The van der Waals surface area contributed by atoms with Gasteiger partial charge in [0.05, 0.1) is 4.88 Å². The Hall–Kier alpha value is -2.24. The predicted octanol–water partition coefficient (Wildman–Crippen LogP) is 4.97. The predicted molar refractivity (Wildman–Crippen MR) is 102 cm³/mol. The maximum Gasteiger partial charge on any atom is 0.178 e. The van der Waals surface area contributed by atoms with Crippen molar-refractivity contribution in [1.29, 1.82) is 0 Å². The summed E-state index contributed by atoms with van der Waals surface area (Å²) in [6.45, 7) is 5.30. The maximum atomic E-state index is 11.8. The van der Waals surface area contributed by atoms with E-state index in [1.807, 2.05) is 35.7 Å². The highest BCUT2D eigenvalue weighted by molar-refractivity contribution is 7.10. The van der Waals surface area contributed by atoms with Crippen molar-refractivity contribution in [2.24, 2.45) is 5.41 Å². The van der Waals surface area contributed by atoms with Crippen LogP contribution < -0.4 is 9.47 Å². The lowest BCUT2D eigenvalue weighted by molar-refractivity contribution is 0.0715. The molecule has 0 saturated heterocycles. The molecule has 3 heterocycles. The van der Waals surface area contributed by atoms with Gasteiger partial charge in [0.25, 0.3) is 0 Å². The lowest BCUT2D eigenvalue weighted by Crippen LogP contribution is -2.27. The third kappa shape index (κ3) is 2.31. The van der Waals surface area contributed by atoms with Crippen molar-refractivity contribution < 1.29 is 19.0 Å². The van der Waals surface area contributed by atoms with Gasteiger partial charge in [-0.3, -0.25) is 0 Å². The van der Waals surface area contributed by atoms with Crippen LogP contribution in [0.3, 0.4) is 0 Å². The van der Waals surface area contributed by atoms with Crippen LogP contribution >= 0.6 is 11.3 Å². The third-order valence-corrected chi connectivity index (χ3v) is 6.15. The van der Waals surface area contributed by atoms with Gasteiger partial charge in [-0.05, 0) is 24.0 Å². The molecular weight excluding hydrogens is 348 g/mol. The van der Waals surface area contributed by atoms with E-state index < -0.39 is 5.60 Å². The fraction of sp³-hybridized carbons (Fsp3) is 0.333. The van der Waals surface area contributed by atoms with E-state index in [4.69, 9.17) is 13.9 Å². The summed E-state index contributed by atoms with van der Waals surface area (Å²) in [6, 6.07) is 9.91. The van der Waals surface area contributed by atoms with E-state index in [0.717, 1.165) is 27.2 Å². The molecule has 1 aromatic carbocycles. The Kier molecular flexibility index (Phi) is 3.30. The van der Waals surface area contributed by atoms with Gasteiger partial charge in [0.1, 0.15) is 30.2 Å². The molecule has 0 fully saturated rings. The number of fused-ring (bicyclic) bond motifs is 2. The van der Waals surface area contributed by atoms with Gasteiger partial charge in [-0.25, -0.2) is 0 Å². The van der Waals surface area contributed by atoms with Crippen molar-refractivity contribution in [1.82, 2.24) is 0 Å². The van der Waals surface area contributed by atoms with Gasteiger partial charge in [-0.1, -0.05) is 38.1 Å². The third-order valence-electron chi connectivity index (χ3n) is 5.06. The molecule has 0 saturated carbocycles. The molecular formula is C21H20O4S. The van der Waals surface area contributed by atoms with Gasteiger partial charge in [-0.15, -0.1) is 11.3 Å². The van der Waals surface area contributed by atoms with E-state index >= 15 is 0 Å². The molecule has 5 heteroatoms. The van der Waals surface area contributed by atoms with Crippen LogP contribution in [-0.4, -0.2) is 18.3 Å². The van der Waals surface area contributed by atoms with Gasteiger partial charge < -0.3 is 19.0 Å². The van der Waals surface area contributed by atoms with Crippen LogP contribution in [0, 0.1) is 5.41 Å². The second kappa shape index (κ2) is 5.38. The first-order chi connectivity index (χ1) is 12.5. The zero-order valence-corrected chi connectivity index (χ0v) is 15.6. The Morgan fingerprint density at radius 2 is 1.92 bits per heavy atom. The Morgan fingerprint density at radius 1 is 1.12 bits per heavy atom. The highest BCUT2D eigenvalue weighted by Gasteiger charge is 2.49. The molecule has 1 N–H and O–H groups in total. The first kappa shape index (κ1) is 16.0. The van der Waals surface area contributed by atoms with Crippen LogP contribution in [-0.2, 0) is 5.60 Å². The monoisotopic (exact) mass is 368 g/mol. The number of ether oxygens (including phenoxy) is 2. The number of benzene rings is 1. The molecule has 2 aliphatic rings. The van der Waals surface area contributed by atoms with Crippen LogP contribution in [0.2, 0.25) is 0 Å². The first-order valence-electron chi connectivity index (χ1n) is 8.79. The first-order valence-corrected chi connectivity index (χ1v) is 9.66. The molecule has 4 nitrogen and oxygen atoms in total. The number of furan rings is 1. The largest absolute Gasteiger partial charge is 0.485 e. The summed E-state index contributed by atoms with van der Waals surface area (Å²) < 4.78 is 17.6. The van der Waals surface area contributed by atoms with Crippen LogP contribution in [0.4, 0.5) is 0 Å². The Labute approximate surface area is 155 Å². The van der Waals surface area contributed by atoms with E-state index in [1.54, 1.807) is 0 Å². The molecule has 0 spiro atoms. The number of rotatable bonds is 2. The minimum absolute atomic E-state index is 0.157. The molecule has 3 aromatic rings. The summed E-state index contributed by atoms with van der Waals surface area (Å²) in [5.74, 6) is 2.10. The van der Waals surface area contributed by atoms with Crippen molar-refractivity contribution in [3.05, 3.63) is 52.4 Å². The highest BCUT2D eigenvalue weighted by atomic mass is 32.1. The van der Waals surface area contributed by atoms with Crippen molar-refractivity contribution in [3.63, 3.8) is 0 Å². The summed E-state index contributed by atoms with van der Waals surface area (Å²) in [7, 11) is 0. The van der Waals surface area contributed by atoms with Gasteiger partial charge >= 0.3 is 0 Å². The molecule has 2 aromatic heterocycles. The van der Waals surface area contributed by atoms with E-state index in [1.165, 1.54) is 11.3 Å². The number of hydrogen-bond acceptors (Lipinski definition) is 5. The number of allylic oxidation sites excluding steroid dienone is 1.